The van der Waals surface area contributed by atoms with E-state index < -0.39 is 0 Å². The van der Waals surface area contributed by atoms with Gasteiger partial charge in [0, 0.05) is 44.4 Å². The molecule has 2 heterocycles. The van der Waals surface area contributed by atoms with Crippen LogP contribution in [0.25, 0.3) is 0 Å². The van der Waals surface area contributed by atoms with Crippen molar-refractivity contribution in [1.29, 1.82) is 0 Å². The SMILES string of the molecule is COc1ccc(OC)c(CN2CCN(C(=O)c3cc(C)no3)CC2)c1. The number of carbonyl (C=O) groups is 1. The molecule has 1 aromatic heterocycles. The van der Waals surface area contributed by atoms with Gasteiger partial charge < -0.3 is 18.9 Å². The van der Waals surface area contributed by atoms with E-state index in [1.54, 1.807) is 32.1 Å². The van der Waals surface area contributed by atoms with Gasteiger partial charge in [0.15, 0.2) is 0 Å². The number of aromatic nitrogens is 1. The third-order valence-electron chi connectivity index (χ3n) is 4.38. The highest BCUT2D eigenvalue weighted by molar-refractivity contribution is 5.91. The lowest BCUT2D eigenvalue weighted by atomic mass is 10.1. The summed E-state index contributed by atoms with van der Waals surface area (Å²) in [7, 11) is 3.32. The van der Waals surface area contributed by atoms with Crippen LogP contribution in [0.3, 0.4) is 0 Å². The molecule has 134 valence electrons. The van der Waals surface area contributed by atoms with E-state index in [0.29, 0.717) is 24.5 Å². The van der Waals surface area contributed by atoms with Crippen molar-refractivity contribution in [2.45, 2.75) is 13.5 Å². The van der Waals surface area contributed by atoms with Gasteiger partial charge in [0.2, 0.25) is 5.76 Å². The standard InChI is InChI=1S/C18H23N3O4/c1-13-10-17(25-19-13)18(22)21-8-6-20(7-9-21)12-14-11-15(23-2)4-5-16(14)24-3/h4-5,10-11H,6-9,12H2,1-3H3. The van der Waals surface area contributed by atoms with E-state index in [-0.39, 0.29) is 5.91 Å². The van der Waals surface area contributed by atoms with Gasteiger partial charge in [0.05, 0.1) is 19.9 Å². The number of carbonyl (C=O) groups excluding carboxylic acids is 1. The summed E-state index contributed by atoms with van der Waals surface area (Å²) < 4.78 is 15.8. The van der Waals surface area contributed by atoms with Crippen molar-refractivity contribution >= 4 is 5.91 Å². The summed E-state index contributed by atoms with van der Waals surface area (Å²) in [6.07, 6.45) is 0. The number of ether oxygens (including phenoxy) is 2. The second kappa shape index (κ2) is 7.57. The summed E-state index contributed by atoms with van der Waals surface area (Å²) in [5, 5.41) is 3.78. The first-order valence-electron chi connectivity index (χ1n) is 8.26. The minimum atomic E-state index is -0.0980. The van der Waals surface area contributed by atoms with Gasteiger partial charge in [-0.3, -0.25) is 9.69 Å². The molecule has 2 aromatic rings. The Bertz CT molecular complexity index is 736. The predicted molar refractivity (Wildman–Crippen MR) is 92.0 cm³/mol. The van der Waals surface area contributed by atoms with Crippen LogP contribution < -0.4 is 9.47 Å². The lowest BCUT2D eigenvalue weighted by Gasteiger charge is -2.34. The molecule has 3 rings (SSSR count). The lowest BCUT2D eigenvalue weighted by molar-refractivity contribution is 0.0587. The molecule has 0 bridgehead atoms. The molecule has 1 aliphatic rings. The number of amides is 1. The van der Waals surface area contributed by atoms with E-state index in [0.717, 1.165) is 36.7 Å². The molecule has 1 aliphatic heterocycles. The zero-order valence-corrected chi connectivity index (χ0v) is 14.8. The largest absolute Gasteiger partial charge is 0.497 e. The van der Waals surface area contributed by atoms with Crippen LogP contribution in [-0.2, 0) is 6.54 Å². The fourth-order valence-corrected chi connectivity index (χ4v) is 2.98. The number of benzene rings is 1. The molecule has 1 fully saturated rings. The smallest absolute Gasteiger partial charge is 0.292 e. The third kappa shape index (κ3) is 3.93. The molecule has 0 unspecified atom stereocenters. The number of rotatable bonds is 5. The Balaban J connectivity index is 1.60. The molecule has 0 radical (unpaired) electrons. The van der Waals surface area contributed by atoms with E-state index in [2.05, 4.69) is 10.1 Å². The average Bonchev–Trinajstić information content (AvgIpc) is 3.08. The topological polar surface area (TPSA) is 68.0 Å². The van der Waals surface area contributed by atoms with Crippen LogP contribution in [-0.4, -0.2) is 61.3 Å². The molecular weight excluding hydrogens is 322 g/mol. The van der Waals surface area contributed by atoms with Gasteiger partial charge in [0.25, 0.3) is 5.91 Å². The second-order valence-electron chi connectivity index (χ2n) is 6.08. The number of methoxy groups -OCH3 is 2. The van der Waals surface area contributed by atoms with Crippen LogP contribution >= 0.6 is 0 Å². The van der Waals surface area contributed by atoms with Gasteiger partial charge in [0.1, 0.15) is 11.5 Å². The second-order valence-corrected chi connectivity index (χ2v) is 6.08. The van der Waals surface area contributed by atoms with Crippen molar-refractivity contribution in [1.82, 2.24) is 15.0 Å². The molecule has 0 atom stereocenters. The van der Waals surface area contributed by atoms with Crippen LogP contribution in [0.2, 0.25) is 0 Å². The van der Waals surface area contributed by atoms with Gasteiger partial charge in [-0.05, 0) is 25.1 Å². The molecule has 0 spiro atoms. The maximum absolute atomic E-state index is 12.4. The summed E-state index contributed by atoms with van der Waals surface area (Å²) in [4.78, 5) is 16.5. The fourth-order valence-electron chi connectivity index (χ4n) is 2.98. The number of nitrogens with zero attached hydrogens (tertiary/aromatic N) is 3. The minimum absolute atomic E-state index is 0.0980. The van der Waals surface area contributed by atoms with Gasteiger partial charge in [-0.15, -0.1) is 0 Å². The van der Waals surface area contributed by atoms with Crippen LogP contribution in [0.1, 0.15) is 21.8 Å². The van der Waals surface area contributed by atoms with Crippen molar-refractivity contribution < 1.29 is 18.8 Å². The summed E-state index contributed by atoms with van der Waals surface area (Å²) in [5.41, 5.74) is 1.79. The van der Waals surface area contributed by atoms with E-state index in [9.17, 15) is 4.79 Å². The maximum Gasteiger partial charge on any atom is 0.292 e. The molecule has 1 saturated heterocycles. The molecular formula is C18H23N3O4. The number of hydrogen-bond donors (Lipinski definition) is 0. The molecule has 0 N–H and O–H groups in total. The number of piperazine rings is 1. The normalized spacial score (nSPS) is 15.2. The van der Waals surface area contributed by atoms with Crippen LogP contribution in [0, 0.1) is 6.92 Å². The zero-order chi connectivity index (χ0) is 17.8. The van der Waals surface area contributed by atoms with Gasteiger partial charge >= 0.3 is 0 Å². The first-order chi connectivity index (χ1) is 12.1. The van der Waals surface area contributed by atoms with Gasteiger partial charge in [-0.2, -0.15) is 0 Å². The highest BCUT2D eigenvalue weighted by atomic mass is 16.5. The van der Waals surface area contributed by atoms with E-state index in [1.165, 1.54) is 0 Å². The molecule has 7 heteroatoms. The quantitative estimate of drug-likeness (QED) is 0.825. The van der Waals surface area contributed by atoms with Crippen molar-refractivity contribution in [2.24, 2.45) is 0 Å². The van der Waals surface area contributed by atoms with E-state index >= 15 is 0 Å². The van der Waals surface area contributed by atoms with E-state index in [4.69, 9.17) is 14.0 Å². The fraction of sp³-hybridized carbons (Fsp3) is 0.444. The van der Waals surface area contributed by atoms with Crippen molar-refractivity contribution in [3.8, 4) is 11.5 Å². The maximum atomic E-state index is 12.4. The summed E-state index contributed by atoms with van der Waals surface area (Å²) in [5.74, 6) is 1.86. The summed E-state index contributed by atoms with van der Waals surface area (Å²) in [6, 6.07) is 7.47. The number of hydrogen-bond acceptors (Lipinski definition) is 6. The third-order valence-corrected chi connectivity index (χ3v) is 4.38. The van der Waals surface area contributed by atoms with Crippen molar-refractivity contribution in [2.75, 3.05) is 40.4 Å². The Morgan fingerprint density at radius 1 is 1.16 bits per heavy atom. The average molecular weight is 345 g/mol. The van der Waals surface area contributed by atoms with Gasteiger partial charge in [-0.1, -0.05) is 5.16 Å². The molecule has 0 saturated carbocycles. The van der Waals surface area contributed by atoms with E-state index in [1.807, 2.05) is 18.2 Å². The highest BCUT2D eigenvalue weighted by Crippen LogP contribution is 2.25. The Hall–Kier alpha value is -2.54. The lowest BCUT2D eigenvalue weighted by Crippen LogP contribution is -2.48. The predicted octanol–water partition coefficient (Wildman–Crippen LogP) is 1.96. The van der Waals surface area contributed by atoms with Crippen LogP contribution in [0.15, 0.2) is 28.8 Å². The van der Waals surface area contributed by atoms with Gasteiger partial charge in [-0.25, -0.2) is 0 Å². The van der Waals surface area contributed by atoms with Crippen molar-refractivity contribution in [3.05, 3.63) is 41.3 Å². The molecule has 1 amide bonds. The Morgan fingerprint density at radius 3 is 2.52 bits per heavy atom. The van der Waals surface area contributed by atoms with Crippen LogP contribution in [0.5, 0.6) is 11.5 Å². The number of aryl methyl sites for hydroxylation is 1. The molecule has 25 heavy (non-hydrogen) atoms. The molecule has 0 aliphatic carbocycles. The molecule has 7 nitrogen and oxygen atoms in total. The van der Waals surface area contributed by atoms with Crippen molar-refractivity contribution in [3.63, 3.8) is 0 Å². The monoisotopic (exact) mass is 345 g/mol. The Morgan fingerprint density at radius 2 is 1.92 bits per heavy atom. The highest BCUT2D eigenvalue weighted by Gasteiger charge is 2.25. The summed E-state index contributed by atoms with van der Waals surface area (Å²) >= 11 is 0. The van der Waals surface area contributed by atoms with Crippen LogP contribution in [0.4, 0.5) is 0 Å². The Kier molecular flexibility index (Phi) is 5.23. The molecule has 1 aromatic carbocycles. The Labute approximate surface area is 147 Å². The first-order valence-corrected chi connectivity index (χ1v) is 8.26. The first kappa shape index (κ1) is 17.3. The summed E-state index contributed by atoms with van der Waals surface area (Å²) in [6.45, 7) is 5.46. The zero-order valence-electron chi connectivity index (χ0n) is 14.8. The minimum Gasteiger partial charge on any atom is -0.497 e.